The predicted molar refractivity (Wildman–Crippen MR) is 64.1 cm³/mol. The second-order valence-electron chi connectivity index (χ2n) is 3.90. The van der Waals surface area contributed by atoms with Crippen LogP contribution >= 0.6 is 0 Å². The minimum atomic E-state index is 0.129. The maximum absolute atomic E-state index is 8.41. The number of para-hydroxylation sites is 1. The first-order chi connectivity index (χ1) is 7.74. The van der Waals surface area contributed by atoms with Gasteiger partial charge in [-0.25, -0.2) is 0 Å². The molecule has 1 rings (SSSR count). The van der Waals surface area contributed by atoms with Crippen LogP contribution in [-0.2, 0) is 6.42 Å². The molecule has 0 radical (unpaired) electrons. The van der Waals surface area contributed by atoms with Crippen molar-refractivity contribution in [3.8, 4) is 11.8 Å². The summed E-state index contributed by atoms with van der Waals surface area (Å²) in [6, 6.07) is 10.1. The van der Waals surface area contributed by atoms with Crippen molar-refractivity contribution in [1.29, 1.82) is 5.26 Å². The second kappa shape index (κ2) is 6.86. The highest BCUT2D eigenvalue weighted by Gasteiger charge is 2.04. The number of nitrogens with two attached hydrogens (primary N) is 1. The summed E-state index contributed by atoms with van der Waals surface area (Å²) in [6.45, 7) is 2.57. The van der Waals surface area contributed by atoms with Gasteiger partial charge in [-0.05, 0) is 31.4 Å². The van der Waals surface area contributed by atoms with Crippen LogP contribution in [-0.4, -0.2) is 12.6 Å². The standard InChI is InChI=1S/C13H18N2O/c1-11(15)10-12-6-2-3-7-13(12)16-9-5-4-8-14/h2-3,6-7,11H,4-5,9-10,15H2,1H3. The molecule has 0 heterocycles. The zero-order valence-electron chi connectivity index (χ0n) is 9.65. The number of unbranched alkanes of at least 4 members (excludes halogenated alkanes) is 1. The summed E-state index contributed by atoms with van der Waals surface area (Å²) < 4.78 is 5.63. The van der Waals surface area contributed by atoms with Gasteiger partial charge in [-0.15, -0.1) is 0 Å². The van der Waals surface area contributed by atoms with Gasteiger partial charge >= 0.3 is 0 Å². The van der Waals surface area contributed by atoms with Gasteiger partial charge in [0.2, 0.25) is 0 Å². The van der Waals surface area contributed by atoms with Crippen LogP contribution in [0.3, 0.4) is 0 Å². The smallest absolute Gasteiger partial charge is 0.122 e. The summed E-state index contributed by atoms with van der Waals surface area (Å²) >= 11 is 0. The SMILES string of the molecule is CC(N)Cc1ccccc1OCCCC#N. The Balaban J connectivity index is 2.54. The molecule has 0 fully saturated rings. The van der Waals surface area contributed by atoms with E-state index >= 15 is 0 Å². The maximum atomic E-state index is 8.41. The van der Waals surface area contributed by atoms with E-state index in [1.165, 1.54) is 0 Å². The maximum Gasteiger partial charge on any atom is 0.122 e. The fourth-order valence-corrected chi connectivity index (χ4v) is 1.49. The molecule has 0 aliphatic rings. The van der Waals surface area contributed by atoms with Crippen LogP contribution < -0.4 is 10.5 Å². The van der Waals surface area contributed by atoms with E-state index in [0.29, 0.717) is 13.0 Å². The highest BCUT2D eigenvalue weighted by Crippen LogP contribution is 2.19. The third-order valence-corrected chi connectivity index (χ3v) is 2.20. The molecule has 0 aliphatic carbocycles. The van der Waals surface area contributed by atoms with Gasteiger partial charge in [-0.3, -0.25) is 0 Å². The molecule has 0 amide bonds. The molecule has 16 heavy (non-hydrogen) atoms. The van der Waals surface area contributed by atoms with E-state index in [1.54, 1.807) is 0 Å². The number of hydrogen-bond donors (Lipinski definition) is 1. The molecule has 1 unspecified atom stereocenters. The molecule has 0 aromatic heterocycles. The van der Waals surface area contributed by atoms with E-state index in [9.17, 15) is 0 Å². The van der Waals surface area contributed by atoms with Crippen LogP contribution in [0.25, 0.3) is 0 Å². The number of benzene rings is 1. The molecule has 86 valence electrons. The normalized spacial score (nSPS) is 11.8. The molecular formula is C13H18N2O. The number of hydrogen-bond acceptors (Lipinski definition) is 3. The lowest BCUT2D eigenvalue weighted by molar-refractivity contribution is 0.309. The molecule has 3 heteroatoms. The van der Waals surface area contributed by atoms with Crippen molar-refractivity contribution >= 4 is 0 Å². The topological polar surface area (TPSA) is 59.0 Å². The number of nitrogens with zero attached hydrogens (tertiary/aromatic N) is 1. The van der Waals surface area contributed by atoms with Gasteiger partial charge in [-0.1, -0.05) is 18.2 Å². The number of nitriles is 1. The van der Waals surface area contributed by atoms with E-state index in [4.69, 9.17) is 15.7 Å². The first-order valence-electron chi connectivity index (χ1n) is 5.57. The molecular weight excluding hydrogens is 200 g/mol. The van der Waals surface area contributed by atoms with Gasteiger partial charge in [0.15, 0.2) is 0 Å². The third-order valence-electron chi connectivity index (χ3n) is 2.20. The summed E-state index contributed by atoms with van der Waals surface area (Å²) in [6.07, 6.45) is 2.12. The Labute approximate surface area is 96.8 Å². The van der Waals surface area contributed by atoms with Crippen molar-refractivity contribution in [2.45, 2.75) is 32.2 Å². The first kappa shape index (κ1) is 12.5. The van der Waals surface area contributed by atoms with Gasteiger partial charge in [0.1, 0.15) is 5.75 Å². The minimum absolute atomic E-state index is 0.129. The van der Waals surface area contributed by atoms with Crippen LogP contribution in [0.2, 0.25) is 0 Å². The van der Waals surface area contributed by atoms with E-state index < -0.39 is 0 Å². The van der Waals surface area contributed by atoms with Gasteiger partial charge in [0.05, 0.1) is 12.7 Å². The predicted octanol–water partition coefficient (Wildman–Crippen LogP) is 2.26. The summed E-state index contributed by atoms with van der Waals surface area (Å²) in [5.41, 5.74) is 6.90. The molecule has 0 bridgehead atoms. The molecule has 2 N–H and O–H groups in total. The van der Waals surface area contributed by atoms with Gasteiger partial charge in [0.25, 0.3) is 0 Å². The average molecular weight is 218 g/mol. The highest BCUT2D eigenvalue weighted by molar-refractivity contribution is 5.33. The molecule has 3 nitrogen and oxygen atoms in total. The minimum Gasteiger partial charge on any atom is -0.493 e. The average Bonchev–Trinajstić information content (AvgIpc) is 2.26. The Kier molecular flexibility index (Phi) is 5.38. The summed E-state index contributed by atoms with van der Waals surface area (Å²) in [5.74, 6) is 0.887. The number of ether oxygens (including phenoxy) is 1. The molecule has 1 aromatic rings. The van der Waals surface area contributed by atoms with Crippen molar-refractivity contribution in [2.24, 2.45) is 5.73 Å². The molecule has 1 aromatic carbocycles. The molecule has 0 aliphatic heterocycles. The van der Waals surface area contributed by atoms with Crippen LogP contribution in [0.4, 0.5) is 0 Å². The van der Waals surface area contributed by atoms with Crippen LogP contribution in [0.1, 0.15) is 25.3 Å². The Bertz CT molecular complexity index is 355. The van der Waals surface area contributed by atoms with E-state index in [0.717, 1.165) is 24.2 Å². The molecule has 0 saturated carbocycles. The van der Waals surface area contributed by atoms with Crippen molar-refractivity contribution in [3.05, 3.63) is 29.8 Å². The molecule has 0 spiro atoms. The molecule has 1 atom stereocenters. The zero-order valence-corrected chi connectivity index (χ0v) is 9.65. The Hall–Kier alpha value is -1.53. The van der Waals surface area contributed by atoms with Crippen molar-refractivity contribution in [2.75, 3.05) is 6.61 Å². The van der Waals surface area contributed by atoms with Gasteiger partial charge in [0, 0.05) is 12.5 Å². The van der Waals surface area contributed by atoms with Crippen LogP contribution in [0, 0.1) is 11.3 Å². The largest absolute Gasteiger partial charge is 0.493 e. The summed E-state index contributed by atoms with van der Waals surface area (Å²) in [7, 11) is 0. The van der Waals surface area contributed by atoms with E-state index in [-0.39, 0.29) is 6.04 Å². The molecule has 0 saturated heterocycles. The van der Waals surface area contributed by atoms with E-state index in [2.05, 4.69) is 6.07 Å². The Morgan fingerprint density at radius 1 is 1.44 bits per heavy atom. The second-order valence-corrected chi connectivity index (χ2v) is 3.90. The van der Waals surface area contributed by atoms with Crippen molar-refractivity contribution in [3.63, 3.8) is 0 Å². The summed E-state index contributed by atoms with van der Waals surface area (Å²) in [4.78, 5) is 0. The quantitative estimate of drug-likeness (QED) is 0.745. The lowest BCUT2D eigenvalue weighted by atomic mass is 10.1. The van der Waals surface area contributed by atoms with E-state index in [1.807, 2.05) is 31.2 Å². The van der Waals surface area contributed by atoms with Gasteiger partial charge < -0.3 is 10.5 Å². The third kappa shape index (κ3) is 4.33. The summed E-state index contributed by atoms with van der Waals surface area (Å²) in [5, 5.41) is 8.41. The monoisotopic (exact) mass is 218 g/mol. The van der Waals surface area contributed by atoms with Gasteiger partial charge in [-0.2, -0.15) is 5.26 Å². The zero-order chi connectivity index (χ0) is 11.8. The lowest BCUT2D eigenvalue weighted by Gasteiger charge is -2.12. The van der Waals surface area contributed by atoms with Crippen LogP contribution in [0.15, 0.2) is 24.3 Å². The Morgan fingerprint density at radius 2 is 2.19 bits per heavy atom. The van der Waals surface area contributed by atoms with Crippen molar-refractivity contribution in [1.82, 2.24) is 0 Å². The lowest BCUT2D eigenvalue weighted by Crippen LogP contribution is -2.18. The van der Waals surface area contributed by atoms with Crippen molar-refractivity contribution < 1.29 is 4.74 Å². The van der Waals surface area contributed by atoms with Crippen LogP contribution in [0.5, 0.6) is 5.75 Å². The first-order valence-corrected chi connectivity index (χ1v) is 5.57. The fraction of sp³-hybridized carbons (Fsp3) is 0.462. The fourth-order valence-electron chi connectivity index (χ4n) is 1.49. The number of rotatable bonds is 6. The highest BCUT2D eigenvalue weighted by atomic mass is 16.5. The Morgan fingerprint density at radius 3 is 2.88 bits per heavy atom.